The van der Waals surface area contributed by atoms with Crippen LogP contribution in [-0.4, -0.2) is 22.2 Å². The van der Waals surface area contributed by atoms with Crippen LogP contribution in [0.4, 0.5) is 5.69 Å². The molecule has 132 valence electrons. The SMILES string of the molecule is CC(=O)O.O=C(O)c1cc2ccccc2c(N=NC2=CC=C=C[CH]2)c1[O-].[Hg+]. The number of carbonyl (C=O) groups is 2. The minimum Gasteiger partial charge on any atom is -0.870 e. The van der Waals surface area contributed by atoms with Gasteiger partial charge in [-0.15, -0.1) is 5.73 Å². The monoisotopic (exact) mass is 552 g/mol. The Kier molecular flexibility index (Phi) is 8.58. The minimum absolute atomic E-state index is 0. The summed E-state index contributed by atoms with van der Waals surface area (Å²) in [6.45, 7) is 1.08. The molecule has 3 rings (SSSR count). The van der Waals surface area contributed by atoms with Gasteiger partial charge in [-0.2, -0.15) is 10.2 Å². The van der Waals surface area contributed by atoms with Gasteiger partial charge in [0.25, 0.3) is 5.97 Å². The summed E-state index contributed by atoms with van der Waals surface area (Å²) in [5.41, 5.74) is 3.13. The van der Waals surface area contributed by atoms with E-state index in [2.05, 4.69) is 16.0 Å². The third-order valence-corrected chi connectivity index (χ3v) is 3.17. The van der Waals surface area contributed by atoms with Gasteiger partial charge in [-0.3, -0.25) is 4.79 Å². The Morgan fingerprint density at radius 2 is 1.78 bits per heavy atom. The molecule has 0 spiro atoms. The Morgan fingerprint density at radius 1 is 1.11 bits per heavy atom. The van der Waals surface area contributed by atoms with Crippen molar-refractivity contribution in [3.63, 3.8) is 0 Å². The van der Waals surface area contributed by atoms with Crippen molar-refractivity contribution in [2.24, 2.45) is 10.2 Å². The molecule has 0 saturated carbocycles. The summed E-state index contributed by atoms with van der Waals surface area (Å²) < 4.78 is 0. The molecule has 0 amide bonds. The largest absolute Gasteiger partial charge is 1.00 e. The summed E-state index contributed by atoms with van der Waals surface area (Å²) in [4.78, 5) is 20.2. The van der Waals surface area contributed by atoms with E-state index in [1.54, 1.807) is 48.9 Å². The molecule has 2 aromatic carbocycles. The first-order valence-electron chi connectivity index (χ1n) is 7.43. The maximum atomic E-state index is 12.3. The number of fused-ring (bicyclic) bond motifs is 1. The summed E-state index contributed by atoms with van der Waals surface area (Å²) in [7, 11) is 0. The molecular weight excluding hydrogens is 537 g/mol. The molecule has 2 radical (unpaired) electrons. The van der Waals surface area contributed by atoms with E-state index in [0.29, 0.717) is 16.5 Å². The molecule has 0 fully saturated rings. The van der Waals surface area contributed by atoms with Crippen LogP contribution in [0.2, 0.25) is 0 Å². The molecular formula is C19H14HgN2O5. The Labute approximate surface area is 175 Å². The number of hydrogen-bond acceptors (Lipinski definition) is 5. The second-order valence-electron chi connectivity index (χ2n) is 5.11. The van der Waals surface area contributed by atoms with Gasteiger partial charge < -0.3 is 15.3 Å². The van der Waals surface area contributed by atoms with Crippen LogP contribution in [0.25, 0.3) is 10.8 Å². The maximum Gasteiger partial charge on any atom is 1.00 e. The first kappa shape index (κ1) is 22.3. The molecule has 0 saturated heterocycles. The van der Waals surface area contributed by atoms with E-state index in [1.807, 2.05) is 0 Å². The summed E-state index contributed by atoms with van der Waals surface area (Å²) in [6, 6.07) is 8.34. The zero-order valence-electron chi connectivity index (χ0n) is 14.4. The standard InChI is InChI=1S/C17H11N2O3.C2H4O2.Hg/c20-16-14(17(21)22)10-11-6-4-5-9-13(11)15(16)19-18-12-7-2-1-3-8-12;1-2(3)4;/h2-10,20H,(H,21,22);1H3,(H,3,4);/q;;+1/p-1. The Hall–Kier alpha value is -2.76. The Balaban J connectivity index is 0.000000666. The van der Waals surface area contributed by atoms with Crippen LogP contribution in [0.1, 0.15) is 17.3 Å². The normalized spacial score (nSPS) is 12.1. The topological polar surface area (TPSA) is 122 Å². The van der Waals surface area contributed by atoms with Gasteiger partial charge in [-0.25, -0.2) is 4.79 Å². The number of benzene rings is 2. The molecule has 2 aromatic rings. The Morgan fingerprint density at radius 3 is 2.37 bits per heavy atom. The average molecular weight is 551 g/mol. The van der Waals surface area contributed by atoms with Crippen molar-refractivity contribution in [2.45, 2.75) is 6.92 Å². The van der Waals surface area contributed by atoms with Gasteiger partial charge >= 0.3 is 33.6 Å². The fraction of sp³-hybridized carbons (Fsp3) is 0.0526. The van der Waals surface area contributed by atoms with Crippen molar-refractivity contribution in [3.05, 3.63) is 72.0 Å². The molecule has 0 unspecified atom stereocenters. The number of carboxylic acids is 2. The second-order valence-corrected chi connectivity index (χ2v) is 5.11. The summed E-state index contributed by atoms with van der Waals surface area (Å²) in [6.07, 6.45) is 6.74. The van der Waals surface area contributed by atoms with E-state index in [-0.39, 0.29) is 38.9 Å². The smallest absolute Gasteiger partial charge is 0.870 e. The average Bonchev–Trinajstić information content (AvgIpc) is 2.60. The molecule has 7 nitrogen and oxygen atoms in total. The first-order valence-corrected chi connectivity index (χ1v) is 7.43. The van der Waals surface area contributed by atoms with Crippen LogP contribution in [0.3, 0.4) is 0 Å². The molecule has 8 heteroatoms. The van der Waals surface area contributed by atoms with Crippen LogP contribution in [-0.2, 0) is 32.5 Å². The van der Waals surface area contributed by atoms with E-state index in [4.69, 9.17) is 15.0 Å². The maximum absolute atomic E-state index is 12.3. The van der Waals surface area contributed by atoms with Crippen LogP contribution >= 0.6 is 0 Å². The molecule has 0 aromatic heterocycles. The minimum atomic E-state index is -1.28. The van der Waals surface area contributed by atoms with Crippen molar-refractivity contribution >= 4 is 28.4 Å². The number of aromatic carboxylic acids is 1. The van der Waals surface area contributed by atoms with Gasteiger partial charge in [-0.1, -0.05) is 30.0 Å². The molecule has 0 aliphatic heterocycles. The number of nitrogens with zero attached hydrogens (tertiary/aromatic N) is 2. The molecule has 2 N–H and O–H groups in total. The van der Waals surface area contributed by atoms with Gasteiger partial charge in [0.1, 0.15) is 0 Å². The van der Waals surface area contributed by atoms with E-state index >= 15 is 0 Å². The van der Waals surface area contributed by atoms with Gasteiger partial charge in [0.05, 0.1) is 16.9 Å². The molecule has 27 heavy (non-hydrogen) atoms. The number of rotatable bonds is 3. The van der Waals surface area contributed by atoms with Crippen LogP contribution < -0.4 is 5.11 Å². The van der Waals surface area contributed by atoms with E-state index < -0.39 is 17.7 Å². The van der Waals surface area contributed by atoms with Gasteiger partial charge in [0, 0.05) is 18.7 Å². The zero-order chi connectivity index (χ0) is 19.1. The summed E-state index contributed by atoms with van der Waals surface area (Å²) in [5, 5.41) is 38.1. The number of carboxylic acid groups (broad SMARTS) is 2. The molecule has 0 heterocycles. The van der Waals surface area contributed by atoms with Crippen molar-refractivity contribution < 1.29 is 52.6 Å². The van der Waals surface area contributed by atoms with E-state index in [0.717, 1.165) is 6.92 Å². The molecule has 1 aliphatic carbocycles. The number of aliphatic carboxylic acids is 1. The van der Waals surface area contributed by atoms with Gasteiger partial charge in [-0.05, 0) is 29.7 Å². The van der Waals surface area contributed by atoms with Crippen molar-refractivity contribution in [2.75, 3.05) is 0 Å². The number of allylic oxidation sites excluding steroid dienone is 2. The fourth-order valence-corrected chi connectivity index (χ4v) is 2.12. The molecule has 0 bridgehead atoms. The predicted octanol–water partition coefficient (Wildman–Crippen LogP) is 3.60. The van der Waals surface area contributed by atoms with E-state index in [9.17, 15) is 9.90 Å². The molecule has 1 aliphatic rings. The van der Waals surface area contributed by atoms with Crippen LogP contribution in [0, 0.1) is 6.42 Å². The third kappa shape index (κ3) is 6.16. The van der Waals surface area contributed by atoms with Crippen molar-refractivity contribution in [3.8, 4) is 5.75 Å². The quantitative estimate of drug-likeness (QED) is 0.343. The number of azo groups is 1. The van der Waals surface area contributed by atoms with Crippen molar-refractivity contribution in [1.82, 2.24) is 0 Å². The summed E-state index contributed by atoms with van der Waals surface area (Å²) in [5.74, 6) is -2.75. The van der Waals surface area contributed by atoms with Crippen LogP contribution in [0.15, 0.2) is 70.2 Å². The number of hydrogen-bond donors (Lipinski definition) is 2. The second kappa shape index (κ2) is 10.4. The Bertz CT molecular complexity index is 985. The third-order valence-electron chi connectivity index (χ3n) is 3.17. The van der Waals surface area contributed by atoms with Gasteiger partial charge in [0.2, 0.25) is 0 Å². The van der Waals surface area contributed by atoms with Gasteiger partial charge in [0.15, 0.2) is 0 Å². The summed E-state index contributed by atoms with van der Waals surface area (Å²) >= 11 is 0. The zero-order valence-corrected chi connectivity index (χ0v) is 19.9. The molecule has 0 atom stereocenters. The van der Waals surface area contributed by atoms with Crippen molar-refractivity contribution in [1.29, 1.82) is 0 Å². The van der Waals surface area contributed by atoms with Crippen LogP contribution in [0.5, 0.6) is 5.75 Å². The first-order chi connectivity index (χ1) is 12.4. The fourth-order valence-electron chi connectivity index (χ4n) is 2.12. The van der Waals surface area contributed by atoms with E-state index in [1.165, 1.54) is 6.07 Å². The predicted molar refractivity (Wildman–Crippen MR) is 93.2 cm³/mol.